The zero-order chi connectivity index (χ0) is 11.3. The first-order chi connectivity index (χ1) is 7.13. The van der Waals surface area contributed by atoms with Gasteiger partial charge in [0.05, 0.1) is 6.42 Å². The lowest BCUT2D eigenvalue weighted by molar-refractivity contribution is -0.135. The van der Waals surface area contributed by atoms with Gasteiger partial charge in [0.25, 0.3) is 0 Å². The lowest BCUT2D eigenvalue weighted by Crippen LogP contribution is -1.89. The Balaban J connectivity index is 2.78. The molecule has 0 saturated heterocycles. The second kappa shape index (κ2) is 5.79. The molecule has 0 aliphatic rings. The van der Waals surface area contributed by atoms with Crippen LogP contribution in [-0.2, 0) is 10.7 Å². The largest absolute Gasteiger partial charge is 0.481 e. The average molecular weight is 245 g/mol. The van der Waals surface area contributed by atoms with Crippen LogP contribution in [0.2, 0.25) is 5.02 Å². The Bertz CT molecular complexity index is 386. The zero-order valence-electron chi connectivity index (χ0n) is 7.91. The fourth-order valence-corrected chi connectivity index (χ4v) is 1.57. The molecule has 0 aromatic heterocycles. The van der Waals surface area contributed by atoms with Crippen molar-refractivity contribution in [3.63, 3.8) is 0 Å². The first-order valence-electron chi connectivity index (χ1n) is 4.36. The molecule has 0 atom stereocenters. The molecule has 0 spiro atoms. The standard InChI is InChI=1S/C11H10Cl2O2/c12-7-9-6-8(4-5-10(9)13)2-1-3-11(14)15/h1-2,4-6H,3,7H2,(H,14,15). The van der Waals surface area contributed by atoms with E-state index in [-0.39, 0.29) is 6.42 Å². The molecule has 1 aromatic carbocycles. The van der Waals surface area contributed by atoms with E-state index in [4.69, 9.17) is 28.3 Å². The Labute approximate surface area is 98.1 Å². The molecule has 80 valence electrons. The van der Waals surface area contributed by atoms with E-state index in [2.05, 4.69) is 0 Å². The van der Waals surface area contributed by atoms with E-state index < -0.39 is 5.97 Å². The predicted molar refractivity (Wildman–Crippen MR) is 62.3 cm³/mol. The monoisotopic (exact) mass is 244 g/mol. The molecule has 2 nitrogen and oxygen atoms in total. The summed E-state index contributed by atoms with van der Waals surface area (Å²) in [5.74, 6) is -0.503. The molecule has 0 amide bonds. The van der Waals surface area contributed by atoms with E-state index in [9.17, 15) is 4.79 Å². The van der Waals surface area contributed by atoms with Crippen molar-refractivity contribution in [1.29, 1.82) is 0 Å². The summed E-state index contributed by atoms with van der Waals surface area (Å²) in [6.07, 6.45) is 3.34. The van der Waals surface area contributed by atoms with Crippen molar-refractivity contribution >= 4 is 35.2 Å². The molecule has 0 aliphatic carbocycles. The van der Waals surface area contributed by atoms with Crippen LogP contribution in [-0.4, -0.2) is 11.1 Å². The van der Waals surface area contributed by atoms with Crippen LogP contribution in [0, 0.1) is 0 Å². The normalized spacial score (nSPS) is 10.8. The highest BCUT2D eigenvalue weighted by atomic mass is 35.5. The molecule has 0 unspecified atom stereocenters. The van der Waals surface area contributed by atoms with Gasteiger partial charge < -0.3 is 5.11 Å². The van der Waals surface area contributed by atoms with Gasteiger partial charge in [-0.15, -0.1) is 11.6 Å². The van der Waals surface area contributed by atoms with E-state index in [0.29, 0.717) is 10.9 Å². The van der Waals surface area contributed by atoms with Crippen molar-refractivity contribution < 1.29 is 9.90 Å². The summed E-state index contributed by atoms with van der Waals surface area (Å²) in [5.41, 5.74) is 1.74. The van der Waals surface area contributed by atoms with Gasteiger partial charge in [-0.25, -0.2) is 0 Å². The van der Waals surface area contributed by atoms with Crippen LogP contribution in [0.5, 0.6) is 0 Å². The number of alkyl halides is 1. The van der Waals surface area contributed by atoms with E-state index in [0.717, 1.165) is 11.1 Å². The highest BCUT2D eigenvalue weighted by Gasteiger charge is 1.99. The summed E-state index contributed by atoms with van der Waals surface area (Å²) in [4.78, 5) is 10.3. The van der Waals surface area contributed by atoms with Crippen molar-refractivity contribution in [1.82, 2.24) is 0 Å². The highest BCUT2D eigenvalue weighted by Crippen LogP contribution is 2.20. The third-order valence-corrected chi connectivity index (χ3v) is 2.47. The van der Waals surface area contributed by atoms with Crippen molar-refractivity contribution in [3.05, 3.63) is 40.4 Å². The third kappa shape index (κ3) is 3.94. The minimum atomic E-state index is -0.849. The molecule has 1 rings (SSSR count). The third-order valence-electron chi connectivity index (χ3n) is 1.82. The van der Waals surface area contributed by atoms with E-state index >= 15 is 0 Å². The van der Waals surface area contributed by atoms with E-state index in [1.807, 2.05) is 12.1 Å². The first-order valence-corrected chi connectivity index (χ1v) is 5.27. The number of benzene rings is 1. The van der Waals surface area contributed by atoms with Crippen molar-refractivity contribution in [2.75, 3.05) is 0 Å². The van der Waals surface area contributed by atoms with Gasteiger partial charge in [-0.1, -0.05) is 29.8 Å². The minimum absolute atomic E-state index is 0.0127. The van der Waals surface area contributed by atoms with Gasteiger partial charge in [-0.3, -0.25) is 4.79 Å². The summed E-state index contributed by atoms with van der Waals surface area (Å²) in [6, 6.07) is 5.41. The van der Waals surface area contributed by atoms with E-state index in [1.165, 1.54) is 0 Å². The quantitative estimate of drug-likeness (QED) is 0.823. The molecule has 0 saturated carbocycles. The Morgan fingerprint density at radius 3 is 2.80 bits per heavy atom. The van der Waals surface area contributed by atoms with Gasteiger partial charge in [-0.05, 0) is 23.3 Å². The molecular weight excluding hydrogens is 235 g/mol. The molecule has 0 heterocycles. The van der Waals surface area contributed by atoms with Crippen LogP contribution in [0.15, 0.2) is 24.3 Å². The molecule has 0 bridgehead atoms. The number of halogens is 2. The van der Waals surface area contributed by atoms with Gasteiger partial charge in [0.15, 0.2) is 0 Å². The Morgan fingerprint density at radius 2 is 2.20 bits per heavy atom. The Morgan fingerprint density at radius 1 is 1.47 bits per heavy atom. The first kappa shape index (κ1) is 12.1. The summed E-state index contributed by atoms with van der Waals surface area (Å²) in [6.45, 7) is 0. The molecule has 0 radical (unpaired) electrons. The molecule has 15 heavy (non-hydrogen) atoms. The number of carboxylic acid groups (broad SMARTS) is 1. The summed E-state index contributed by atoms with van der Waals surface area (Å²) in [5, 5.41) is 9.07. The van der Waals surface area contributed by atoms with Crippen LogP contribution in [0.3, 0.4) is 0 Å². The zero-order valence-corrected chi connectivity index (χ0v) is 9.42. The van der Waals surface area contributed by atoms with Gasteiger partial charge in [0.2, 0.25) is 0 Å². The minimum Gasteiger partial charge on any atom is -0.481 e. The number of aliphatic carboxylic acids is 1. The second-order valence-electron chi connectivity index (χ2n) is 2.98. The molecular formula is C11H10Cl2O2. The summed E-state index contributed by atoms with van der Waals surface area (Å²) < 4.78 is 0. The number of hydrogen-bond donors (Lipinski definition) is 1. The lowest BCUT2D eigenvalue weighted by Gasteiger charge is -2.00. The van der Waals surface area contributed by atoms with Crippen LogP contribution in [0.4, 0.5) is 0 Å². The van der Waals surface area contributed by atoms with Crippen LogP contribution in [0.25, 0.3) is 6.08 Å². The molecule has 0 fully saturated rings. The lowest BCUT2D eigenvalue weighted by atomic mass is 10.1. The van der Waals surface area contributed by atoms with Crippen molar-refractivity contribution in [2.24, 2.45) is 0 Å². The Kier molecular flexibility index (Phi) is 4.66. The van der Waals surface area contributed by atoms with Gasteiger partial charge in [0.1, 0.15) is 0 Å². The van der Waals surface area contributed by atoms with Gasteiger partial charge in [0, 0.05) is 10.9 Å². The molecule has 1 N–H and O–H groups in total. The maximum absolute atomic E-state index is 10.3. The maximum Gasteiger partial charge on any atom is 0.307 e. The van der Waals surface area contributed by atoms with Crippen LogP contribution < -0.4 is 0 Å². The summed E-state index contributed by atoms with van der Waals surface area (Å²) in [7, 11) is 0. The van der Waals surface area contributed by atoms with Gasteiger partial charge >= 0.3 is 5.97 Å². The second-order valence-corrected chi connectivity index (χ2v) is 3.66. The number of rotatable bonds is 4. The molecule has 0 aliphatic heterocycles. The van der Waals surface area contributed by atoms with Crippen LogP contribution >= 0.6 is 23.2 Å². The maximum atomic E-state index is 10.3. The van der Waals surface area contributed by atoms with Crippen molar-refractivity contribution in [3.8, 4) is 0 Å². The SMILES string of the molecule is O=C(O)CC=Cc1ccc(Cl)c(CCl)c1. The Hall–Kier alpha value is -0.990. The smallest absolute Gasteiger partial charge is 0.307 e. The fourth-order valence-electron chi connectivity index (χ4n) is 1.10. The molecule has 1 aromatic rings. The number of carboxylic acids is 1. The predicted octanol–water partition coefficient (Wildman–Crippen LogP) is 3.57. The summed E-state index contributed by atoms with van der Waals surface area (Å²) >= 11 is 11.6. The topological polar surface area (TPSA) is 37.3 Å². The van der Waals surface area contributed by atoms with Crippen molar-refractivity contribution in [2.45, 2.75) is 12.3 Å². The van der Waals surface area contributed by atoms with Gasteiger partial charge in [-0.2, -0.15) is 0 Å². The fraction of sp³-hybridized carbons (Fsp3) is 0.182. The van der Waals surface area contributed by atoms with E-state index in [1.54, 1.807) is 18.2 Å². The van der Waals surface area contributed by atoms with Crippen LogP contribution in [0.1, 0.15) is 17.5 Å². The number of carbonyl (C=O) groups is 1. The molecule has 4 heteroatoms. The number of hydrogen-bond acceptors (Lipinski definition) is 1. The average Bonchev–Trinajstić information content (AvgIpc) is 2.20. The highest BCUT2D eigenvalue weighted by molar-refractivity contribution is 6.32.